The normalized spacial score (nSPS) is 12.9. The van der Waals surface area contributed by atoms with Crippen LogP contribution in [0.15, 0.2) is 24.3 Å². The zero-order valence-electron chi connectivity index (χ0n) is 14.4. The summed E-state index contributed by atoms with van der Waals surface area (Å²) >= 11 is 0. The standard InChI is InChI=1S/C18H32N2O/c1-6-11-19-18(14-20(7-2)13-15(3)4)16-9-8-10-17(12-16)21-5/h8-10,12,15,18-19H,6-7,11,13-14H2,1-5H3. The molecule has 0 bridgehead atoms. The minimum Gasteiger partial charge on any atom is -0.497 e. The van der Waals surface area contributed by atoms with Crippen LogP contribution in [0.25, 0.3) is 0 Å². The summed E-state index contributed by atoms with van der Waals surface area (Å²) in [7, 11) is 1.73. The summed E-state index contributed by atoms with van der Waals surface area (Å²) in [5, 5.41) is 3.68. The fourth-order valence-corrected chi connectivity index (χ4v) is 2.57. The van der Waals surface area contributed by atoms with E-state index in [1.807, 2.05) is 6.07 Å². The molecule has 0 spiro atoms. The fourth-order valence-electron chi connectivity index (χ4n) is 2.57. The van der Waals surface area contributed by atoms with Crippen molar-refractivity contribution >= 4 is 0 Å². The molecule has 0 aliphatic rings. The molecule has 120 valence electrons. The molecule has 0 aromatic heterocycles. The van der Waals surface area contributed by atoms with Gasteiger partial charge in [-0.05, 0) is 43.1 Å². The van der Waals surface area contributed by atoms with E-state index in [1.54, 1.807) is 7.11 Å². The topological polar surface area (TPSA) is 24.5 Å². The molecule has 0 saturated carbocycles. The van der Waals surface area contributed by atoms with Crippen LogP contribution in [0.2, 0.25) is 0 Å². The lowest BCUT2D eigenvalue weighted by Crippen LogP contribution is -2.37. The van der Waals surface area contributed by atoms with Crippen molar-refractivity contribution in [3.05, 3.63) is 29.8 Å². The number of rotatable bonds is 10. The van der Waals surface area contributed by atoms with Gasteiger partial charge < -0.3 is 15.0 Å². The van der Waals surface area contributed by atoms with Gasteiger partial charge in [-0.1, -0.05) is 39.8 Å². The molecule has 1 aromatic rings. The molecule has 21 heavy (non-hydrogen) atoms. The van der Waals surface area contributed by atoms with Crippen LogP contribution in [-0.2, 0) is 0 Å². The largest absolute Gasteiger partial charge is 0.497 e. The van der Waals surface area contributed by atoms with Crippen molar-refractivity contribution in [1.82, 2.24) is 10.2 Å². The lowest BCUT2D eigenvalue weighted by molar-refractivity contribution is 0.228. The van der Waals surface area contributed by atoms with E-state index >= 15 is 0 Å². The van der Waals surface area contributed by atoms with Gasteiger partial charge >= 0.3 is 0 Å². The number of nitrogens with zero attached hydrogens (tertiary/aromatic N) is 1. The Kier molecular flexibility index (Phi) is 8.40. The Labute approximate surface area is 130 Å². The molecule has 1 N–H and O–H groups in total. The number of methoxy groups -OCH3 is 1. The maximum Gasteiger partial charge on any atom is 0.119 e. The molecule has 0 aliphatic heterocycles. The number of likely N-dealkylation sites (N-methyl/N-ethyl adjacent to an activating group) is 1. The Hall–Kier alpha value is -1.06. The summed E-state index contributed by atoms with van der Waals surface area (Å²) in [6.45, 7) is 13.3. The van der Waals surface area contributed by atoms with Crippen molar-refractivity contribution in [1.29, 1.82) is 0 Å². The van der Waals surface area contributed by atoms with Crippen molar-refractivity contribution in [3.8, 4) is 5.75 Å². The molecule has 1 unspecified atom stereocenters. The first-order valence-electron chi connectivity index (χ1n) is 8.20. The van der Waals surface area contributed by atoms with E-state index in [-0.39, 0.29) is 0 Å². The molecule has 3 nitrogen and oxygen atoms in total. The van der Waals surface area contributed by atoms with E-state index in [4.69, 9.17) is 4.74 Å². The van der Waals surface area contributed by atoms with E-state index in [0.717, 1.165) is 38.3 Å². The first kappa shape index (κ1) is 18.0. The van der Waals surface area contributed by atoms with Crippen LogP contribution >= 0.6 is 0 Å². The van der Waals surface area contributed by atoms with Crippen molar-refractivity contribution in [3.63, 3.8) is 0 Å². The van der Waals surface area contributed by atoms with Crippen LogP contribution in [-0.4, -0.2) is 38.2 Å². The van der Waals surface area contributed by atoms with Crippen LogP contribution in [0, 0.1) is 5.92 Å². The zero-order valence-corrected chi connectivity index (χ0v) is 14.4. The SMILES string of the molecule is CCCNC(CN(CC)CC(C)C)c1cccc(OC)c1. The van der Waals surface area contributed by atoms with Crippen molar-refractivity contribution in [2.45, 2.75) is 40.2 Å². The second-order valence-electron chi connectivity index (χ2n) is 6.03. The summed E-state index contributed by atoms with van der Waals surface area (Å²) in [5.41, 5.74) is 1.31. The summed E-state index contributed by atoms with van der Waals surface area (Å²) in [6.07, 6.45) is 1.15. The third-order valence-corrected chi connectivity index (χ3v) is 3.65. The molecule has 1 atom stereocenters. The number of ether oxygens (including phenoxy) is 1. The van der Waals surface area contributed by atoms with Crippen LogP contribution in [0.3, 0.4) is 0 Å². The summed E-state index contributed by atoms with van der Waals surface area (Å²) < 4.78 is 5.36. The lowest BCUT2D eigenvalue weighted by atomic mass is 10.0. The number of nitrogens with one attached hydrogen (secondary N) is 1. The third-order valence-electron chi connectivity index (χ3n) is 3.65. The van der Waals surface area contributed by atoms with E-state index in [0.29, 0.717) is 12.0 Å². The summed E-state index contributed by atoms with van der Waals surface area (Å²) in [4.78, 5) is 2.53. The molecule has 0 saturated heterocycles. The van der Waals surface area contributed by atoms with Gasteiger partial charge in [-0.15, -0.1) is 0 Å². The van der Waals surface area contributed by atoms with E-state index in [1.165, 1.54) is 5.56 Å². The van der Waals surface area contributed by atoms with Crippen molar-refractivity contribution in [2.75, 3.05) is 33.3 Å². The first-order valence-corrected chi connectivity index (χ1v) is 8.20. The molecule has 0 aliphatic carbocycles. The molecule has 1 rings (SSSR count). The third kappa shape index (κ3) is 6.49. The Morgan fingerprint density at radius 2 is 1.95 bits per heavy atom. The maximum absolute atomic E-state index is 5.36. The van der Waals surface area contributed by atoms with E-state index in [2.05, 4.69) is 56.1 Å². The summed E-state index contributed by atoms with van der Waals surface area (Å²) in [6, 6.07) is 8.79. The van der Waals surface area contributed by atoms with Crippen molar-refractivity contribution < 1.29 is 4.74 Å². The molecule has 0 amide bonds. The molecule has 0 radical (unpaired) electrons. The van der Waals surface area contributed by atoms with Gasteiger partial charge in [-0.3, -0.25) is 0 Å². The van der Waals surface area contributed by atoms with Gasteiger partial charge in [-0.2, -0.15) is 0 Å². The lowest BCUT2D eigenvalue weighted by Gasteiger charge is -2.29. The fraction of sp³-hybridized carbons (Fsp3) is 0.667. The van der Waals surface area contributed by atoms with Gasteiger partial charge in [0.1, 0.15) is 5.75 Å². The molecule has 0 fully saturated rings. The molecule has 1 aromatic carbocycles. The van der Waals surface area contributed by atoms with E-state index in [9.17, 15) is 0 Å². The first-order chi connectivity index (χ1) is 10.1. The van der Waals surface area contributed by atoms with E-state index < -0.39 is 0 Å². The summed E-state index contributed by atoms with van der Waals surface area (Å²) in [5.74, 6) is 1.63. The Balaban J connectivity index is 2.82. The zero-order chi connectivity index (χ0) is 15.7. The Morgan fingerprint density at radius 1 is 1.19 bits per heavy atom. The van der Waals surface area contributed by atoms with Crippen LogP contribution in [0.1, 0.15) is 45.7 Å². The van der Waals surface area contributed by atoms with Gasteiger partial charge in [0, 0.05) is 19.1 Å². The van der Waals surface area contributed by atoms with Gasteiger partial charge in [0.15, 0.2) is 0 Å². The minimum atomic E-state index is 0.360. The van der Waals surface area contributed by atoms with Crippen LogP contribution in [0.4, 0.5) is 0 Å². The molecule has 0 heterocycles. The number of benzene rings is 1. The Bertz CT molecular complexity index is 393. The van der Waals surface area contributed by atoms with Gasteiger partial charge in [0.2, 0.25) is 0 Å². The minimum absolute atomic E-state index is 0.360. The van der Waals surface area contributed by atoms with Gasteiger partial charge in [-0.25, -0.2) is 0 Å². The number of hydrogen-bond donors (Lipinski definition) is 1. The second-order valence-corrected chi connectivity index (χ2v) is 6.03. The smallest absolute Gasteiger partial charge is 0.119 e. The quantitative estimate of drug-likeness (QED) is 0.711. The predicted molar refractivity (Wildman–Crippen MR) is 91.0 cm³/mol. The number of hydrogen-bond acceptors (Lipinski definition) is 3. The highest BCUT2D eigenvalue weighted by Crippen LogP contribution is 2.20. The second kappa shape index (κ2) is 9.80. The predicted octanol–water partition coefficient (Wildman–Crippen LogP) is 3.71. The van der Waals surface area contributed by atoms with Crippen LogP contribution in [0.5, 0.6) is 5.75 Å². The Morgan fingerprint density at radius 3 is 2.52 bits per heavy atom. The highest BCUT2D eigenvalue weighted by molar-refractivity contribution is 5.30. The average molecular weight is 292 g/mol. The molecular formula is C18H32N2O. The highest BCUT2D eigenvalue weighted by Gasteiger charge is 2.16. The van der Waals surface area contributed by atoms with Crippen molar-refractivity contribution in [2.24, 2.45) is 5.92 Å². The average Bonchev–Trinajstić information content (AvgIpc) is 2.49. The molecular weight excluding hydrogens is 260 g/mol. The van der Waals surface area contributed by atoms with Gasteiger partial charge in [0.05, 0.1) is 7.11 Å². The highest BCUT2D eigenvalue weighted by atomic mass is 16.5. The van der Waals surface area contributed by atoms with Gasteiger partial charge in [0.25, 0.3) is 0 Å². The maximum atomic E-state index is 5.36. The monoisotopic (exact) mass is 292 g/mol. The molecule has 3 heteroatoms. The van der Waals surface area contributed by atoms with Crippen LogP contribution < -0.4 is 10.1 Å².